The zero-order valence-corrected chi connectivity index (χ0v) is 24.9. The minimum absolute atomic E-state index is 0. The number of benzene rings is 2. The van der Waals surface area contributed by atoms with Crippen molar-refractivity contribution in [2.75, 3.05) is 23.7 Å². The fourth-order valence-corrected chi connectivity index (χ4v) is 4.87. The minimum Gasteiger partial charge on any atom is -0.507 e. The monoisotopic (exact) mass is 605 g/mol. The van der Waals surface area contributed by atoms with E-state index in [4.69, 9.17) is 4.42 Å². The van der Waals surface area contributed by atoms with Crippen molar-refractivity contribution >= 4 is 35.7 Å². The molecule has 0 saturated carbocycles. The fraction of sp³-hybridized carbons (Fsp3) is 0.250. The molecule has 2 amide bonds. The average molecular weight is 606 g/mol. The highest BCUT2D eigenvalue weighted by molar-refractivity contribution is 6.03. The molecule has 0 saturated heterocycles. The Hall–Kier alpha value is -4.72. The van der Waals surface area contributed by atoms with Gasteiger partial charge in [0.05, 0.1) is 12.0 Å². The van der Waals surface area contributed by atoms with Gasteiger partial charge in [0.25, 0.3) is 5.91 Å². The quantitative estimate of drug-likeness (QED) is 0.170. The van der Waals surface area contributed by atoms with Crippen LogP contribution in [0.1, 0.15) is 49.7 Å². The average Bonchev–Trinajstić information content (AvgIpc) is 3.52. The lowest BCUT2D eigenvalue weighted by Gasteiger charge is -2.28. The summed E-state index contributed by atoms with van der Waals surface area (Å²) in [5.41, 5.74) is 1.90. The Morgan fingerprint density at radius 2 is 1.81 bits per heavy atom. The van der Waals surface area contributed by atoms with Gasteiger partial charge in [-0.15, -0.1) is 12.4 Å². The molecule has 2 aromatic heterocycles. The lowest BCUT2D eigenvalue weighted by atomic mass is 9.97. The molecular formula is C32H33ClFN5O4. The fourth-order valence-electron chi connectivity index (χ4n) is 4.87. The molecule has 1 unspecified atom stereocenters. The molecule has 11 heteroatoms. The molecule has 0 spiro atoms. The SMILES string of the molecule is CCC(CC(=O)Nc1cccc(-c2cc(-c3ccc(F)cc3O)nc(NC(=O)c3ccco3)c2C#N)c1)N(CC)CC.Cl. The van der Waals surface area contributed by atoms with Crippen LogP contribution in [0.4, 0.5) is 15.9 Å². The van der Waals surface area contributed by atoms with Gasteiger partial charge in [-0.2, -0.15) is 5.26 Å². The van der Waals surface area contributed by atoms with Crippen molar-refractivity contribution in [2.45, 2.75) is 39.7 Å². The molecule has 0 aliphatic carbocycles. The van der Waals surface area contributed by atoms with E-state index >= 15 is 0 Å². The number of hydrogen-bond acceptors (Lipinski definition) is 7. The summed E-state index contributed by atoms with van der Waals surface area (Å²) in [6.45, 7) is 7.89. The maximum Gasteiger partial charge on any atom is 0.292 e. The molecule has 1 atom stereocenters. The zero-order chi connectivity index (χ0) is 30.2. The normalized spacial score (nSPS) is 11.3. The first-order valence-corrected chi connectivity index (χ1v) is 13.7. The number of halogens is 2. The van der Waals surface area contributed by atoms with E-state index in [1.54, 1.807) is 36.4 Å². The summed E-state index contributed by atoms with van der Waals surface area (Å²) in [5.74, 6) is -1.82. The molecule has 224 valence electrons. The Labute approximate surface area is 255 Å². The van der Waals surface area contributed by atoms with Crippen LogP contribution in [0.2, 0.25) is 0 Å². The van der Waals surface area contributed by atoms with Crippen LogP contribution in [0.5, 0.6) is 5.75 Å². The number of nitrogens with zero attached hydrogens (tertiary/aromatic N) is 3. The maximum absolute atomic E-state index is 13.7. The first-order chi connectivity index (χ1) is 20.3. The number of carbonyl (C=O) groups is 2. The van der Waals surface area contributed by atoms with Crippen molar-refractivity contribution in [2.24, 2.45) is 0 Å². The van der Waals surface area contributed by atoms with E-state index in [2.05, 4.69) is 47.4 Å². The number of aromatic nitrogens is 1. The molecule has 2 heterocycles. The van der Waals surface area contributed by atoms with Gasteiger partial charge >= 0.3 is 0 Å². The predicted octanol–water partition coefficient (Wildman–Crippen LogP) is 6.85. The van der Waals surface area contributed by atoms with Gasteiger partial charge in [-0.1, -0.05) is 32.9 Å². The number of furan rings is 1. The Kier molecular flexibility index (Phi) is 11.4. The second kappa shape index (κ2) is 15.0. The second-order valence-corrected chi connectivity index (χ2v) is 9.60. The second-order valence-electron chi connectivity index (χ2n) is 9.60. The molecule has 0 fully saturated rings. The van der Waals surface area contributed by atoms with Gasteiger partial charge in [-0.25, -0.2) is 9.37 Å². The van der Waals surface area contributed by atoms with Crippen molar-refractivity contribution in [3.63, 3.8) is 0 Å². The van der Waals surface area contributed by atoms with Crippen molar-refractivity contribution < 1.29 is 23.5 Å². The van der Waals surface area contributed by atoms with Crippen LogP contribution >= 0.6 is 12.4 Å². The zero-order valence-electron chi connectivity index (χ0n) is 24.1. The van der Waals surface area contributed by atoms with E-state index < -0.39 is 11.7 Å². The highest BCUT2D eigenvalue weighted by Crippen LogP contribution is 2.36. The third-order valence-corrected chi connectivity index (χ3v) is 7.02. The van der Waals surface area contributed by atoms with E-state index in [1.807, 2.05) is 0 Å². The van der Waals surface area contributed by atoms with Crippen LogP contribution in [0.15, 0.2) is 71.3 Å². The first kappa shape index (κ1) is 32.8. The lowest BCUT2D eigenvalue weighted by molar-refractivity contribution is -0.117. The Balaban J connectivity index is 0.00000506. The van der Waals surface area contributed by atoms with Gasteiger partial charge in [-0.3, -0.25) is 9.59 Å². The molecule has 0 bridgehead atoms. The molecule has 4 aromatic rings. The number of phenolic OH excluding ortho intramolecular Hbond substituents is 1. The van der Waals surface area contributed by atoms with Crippen LogP contribution in [-0.4, -0.2) is 45.9 Å². The molecule has 0 aliphatic rings. The third-order valence-electron chi connectivity index (χ3n) is 7.02. The number of nitriles is 1. The number of phenols is 1. The highest BCUT2D eigenvalue weighted by Gasteiger charge is 2.21. The van der Waals surface area contributed by atoms with Crippen LogP contribution < -0.4 is 10.6 Å². The molecule has 3 N–H and O–H groups in total. The van der Waals surface area contributed by atoms with Crippen molar-refractivity contribution in [3.8, 4) is 34.2 Å². The number of amides is 2. The summed E-state index contributed by atoms with van der Waals surface area (Å²) >= 11 is 0. The van der Waals surface area contributed by atoms with Crippen LogP contribution in [0.3, 0.4) is 0 Å². The number of nitrogens with one attached hydrogen (secondary N) is 2. The number of pyridine rings is 1. The van der Waals surface area contributed by atoms with Gasteiger partial charge in [0.1, 0.15) is 23.2 Å². The summed E-state index contributed by atoms with van der Waals surface area (Å²) in [6.07, 6.45) is 2.51. The number of carbonyl (C=O) groups excluding carboxylic acids is 2. The third kappa shape index (κ3) is 7.77. The summed E-state index contributed by atoms with van der Waals surface area (Å²) < 4.78 is 18.9. The van der Waals surface area contributed by atoms with Crippen molar-refractivity contribution in [1.82, 2.24) is 9.88 Å². The molecule has 4 rings (SSSR count). The van der Waals surface area contributed by atoms with E-state index in [1.165, 1.54) is 24.5 Å². The smallest absolute Gasteiger partial charge is 0.292 e. The summed E-state index contributed by atoms with van der Waals surface area (Å²) in [6, 6.07) is 17.3. The molecule has 2 aromatic carbocycles. The number of aromatic hydroxyl groups is 1. The Morgan fingerprint density at radius 3 is 2.44 bits per heavy atom. The molecule has 0 radical (unpaired) electrons. The predicted molar refractivity (Wildman–Crippen MR) is 166 cm³/mol. The van der Waals surface area contributed by atoms with E-state index in [0.717, 1.165) is 25.6 Å². The van der Waals surface area contributed by atoms with Gasteiger partial charge in [0.15, 0.2) is 11.6 Å². The van der Waals surface area contributed by atoms with Gasteiger partial charge in [0, 0.05) is 35.3 Å². The molecule has 9 nitrogen and oxygen atoms in total. The molecule has 43 heavy (non-hydrogen) atoms. The summed E-state index contributed by atoms with van der Waals surface area (Å²) in [4.78, 5) is 32.5. The van der Waals surface area contributed by atoms with Crippen LogP contribution in [0.25, 0.3) is 22.4 Å². The van der Waals surface area contributed by atoms with Gasteiger partial charge < -0.3 is 25.1 Å². The molecular weight excluding hydrogens is 573 g/mol. The number of anilines is 2. The van der Waals surface area contributed by atoms with E-state index in [0.29, 0.717) is 23.2 Å². The number of hydrogen-bond donors (Lipinski definition) is 3. The topological polar surface area (TPSA) is 131 Å². The highest BCUT2D eigenvalue weighted by atomic mass is 35.5. The van der Waals surface area contributed by atoms with Crippen LogP contribution in [0, 0.1) is 17.1 Å². The lowest BCUT2D eigenvalue weighted by Crippen LogP contribution is -2.37. The maximum atomic E-state index is 13.7. The van der Waals surface area contributed by atoms with Gasteiger partial charge in [0.2, 0.25) is 5.91 Å². The number of rotatable bonds is 11. The van der Waals surface area contributed by atoms with Crippen LogP contribution in [-0.2, 0) is 4.79 Å². The summed E-state index contributed by atoms with van der Waals surface area (Å²) in [5, 5.41) is 26.2. The Bertz CT molecular complexity index is 1620. The van der Waals surface area contributed by atoms with Crippen molar-refractivity contribution in [3.05, 3.63) is 84.1 Å². The molecule has 0 aliphatic heterocycles. The van der Waals surface area contributed by atoms with Crippen molar-refractivity contribution in [1.29, 1.82) is 5.26 Å². The minimum atomic E-state index is -0.633. The van der Waals surface area contributed by atoms with E-state index in [-0.39, 0.29) is 58.5 Å². The summed E-state index contributed by atoms with van der Waals surface area (Å²) in [7, 11) is 0. The Morgan fingerprint density at radius 1 is 1.05 bits per heavy atom. The standard InChI is InChI=1S/C32H32FN5O4.ClH/c1-4-23(38(5-2)6-3)17-30(40)35-22-10-7-9-20(15-22)25-18-27(24-13-12-21(33)16-28(24)39)36-31(26(25)19-34)37-32(41)29-11-8-14-42-29;/h7-16,18,23,39H,4-6,17H2,1-3H3,(H,35,40)(H,36,37,41);1H. The van der Waals surface area contributed by atoms with Gasteiger partial charge in [-0.05, 0) is 67.5 Å². The van der Waals surface area contributed by atoms with E-state index in [9.17, 15) is 24.3 Å². The largest absolute Gasteiger partial charge is 0.507 e. The first-order valence-electron chi connectivity index (χ1n) is 13.7.